The van der Waals surface area contributed by atoms with Gasteiger partial charge in [-0.2, -0.15) is 0 Å². The maximum Gasteiger partial charge on any atom is 0.260 e. The van der Waals surface area contributed by atoms with Crippen molar-refractivity contribution in [1.29, 1.82) is 0 Å². The fraction of sp³-hybridized carbons (Fsp3) is 0.556. The predicted octanol–water partition coefficient (Wildman–Crippen LogP) is 3.80. The molecule has 23 heavy (non-hydrogen) atoms. The van der Waals surface area contributed by atoms with E-state index in [4.69, 9.17) is 0 Å². The van der Waals surface area contributed by atoms with Crippen LogP contribution >= 0.6 is 11.3 Å². The Hall–Kier alpha value is -1.62. The van der Waals surface area contributed by atoms with Crippen LogP contribution < -0.4 is 5.56 Å². The van der Waals surface area contributed by atoms with Crippen molar-refractivity contribution in [3.63, 3.8) is 0 Å². The van der Waals surface area contributed by atoms with Gasteiger partial charge in [-0.15, -0.1) is 11.3 Å². The Kier molecular flexibility index (Phi) is 4.85. The molecule has 0 saturated carbocycles. The van der Waals surface area contributed by atoms with Crippen LogP contribution in [0.3, 0.4) is 0 Å². The van der Waals surface area contributed by atoms with Gasteiger partial charge in [0.1, 0.15) is 0 Å². The van der Waals surface area contributed by atoms with Crippen molar-refractivity contribution < 1.29 is 4.79 Å². The summed E-state index contributed by atoms with van der Waals surface area (Å²) in [4.78, 5) is 28.8. The lowest BCUT2D eigenvalue weighted by molar-refractivity contribution is 0.0763. The molecule has 0 aliphatic carbocycles. The molecule has 1 fully saturated rings. The molecule has 1 saturated heterocycles. The normalized spacial score (nSPS) is 15.8. The summed E-state index contributed by atoms with van der Waals surface area (Å²) in [6, 6.07) is 1.98. The minimum atomic E-state index is -0.0214. The van der Waals surface area contributed by atoms with Gasteiger partial charge in [-0.1, -0.05) is 19.8 Å². The molecule has 1 amide bonds. The summed E-state index contributed by atoms with van der Waals surface area (Å²) >= 11 is 1.56. The van der Waals surface area contributed by atoms with E-state index in [0.717, 1.165) is 41.9 Å². The summed E-state index contributed by atoms with van der Waals surface area (Å²) < 4.78 is 2.66. The number of pyridine rings is 1. The molecule has 1 aliphatic rings. The third-order valence-corrected chi connectivity index (χ3v) is 5.63. The lowest BCUT2D eigenvalue weighted by Gasteiger charge is -2.20. The Morgan fingerprint density at radius 2 is 1.91 bits per heavy atom. The van der Waals surface area contributed by atoms with Crippen LogP contribution in [0.15, 0.2) is 17.1 Å². The fourth-order valence-electron chi connectivity index (χ4n) is 3.37. The zero-order valence-corrected chi connectivity index (χ0v) is 14.7. The van der Waals surface area contributed by atoms with E-state index in [1.165, 1.54) is 12.8 Å². The Morgan fingerprint density at radius 1 is 1.22 bits per heavy atom. The number of nitrogens with zero attached hydrogens (tertiary/aromatic N) is 2. The predicted molar refractivity (Wildman–Crippen MR) is 95.5 cm³/mol. The summed E-state index contributed by atoms with van der Waals surface area (Å²) in [5, 5.41) is 0.623. The zero-order chi connectivity index (χ0) is 16.4. The molecule has 2 aromatic heterocycles. The first-order valence-electron chi connectivity index (χ1n) is 8.55. The molecule has 3 heterocycles. The van der Waals surface area contributed by atoms with Crippen molar-refractivity contribution in [2.24, 2.45) is 0 Å². The van der Waals surface area contributed by atoms with Crippen LogP contribution in [0, 0.1) is 6.92 Å². The van der Waals surface area contributed by atoms with Crippen molar-refractivity contribution in [3.05, 3.63) is 33.1 Å². The SMILES string of the molecule is CCCn1ccc2sc(C)c(C(=O)N3CCCCCC3)c2c1=O. The Morgan fingerprint density at radius 3 is 2.57 bits per heavy atom. The molecule has 0 aromatic carbocycles. The Labute approximate surface area is 140 Å². The molecular formula is C18H24N2O2S. The summed E-state index contributed by atoms with van der Waals surface area (Å²) in [6.07, 6.45) is 7.26. The highest BCUT2D eigenvalue weighted by atomic mass is 32.1. The van der Waals surface area contributed by atoms with Crippen LogP contribution in [0.2, 0.25) is 0 Å². The van der Waals surface area contributed by atoms with Crippen LogP contribution in [0.4, 0.5) is 0 Å². The molecule has 3 rings (SSSR count). The fourth-order valence-corrected chi connectivity index (χ4v) is 4.41. The number of amides is 1. The third kappa shape index (κ3) is 3.07. The first-order valence-corrected chi connectivity index (χ1v) is 9.37. The van der Waals surface area contributed by atoms with Gasteiger partial charge in [-0.05, 0) is 32.3 Å². The van der Waals surface area contributed by atoms with Gasteiger partial charge in [-0.25, -0.2) is 0 Å². The van der Waals surface area contributed by atoms with Crippen molar-refractivity contribution >= 4 is 27.3 Å². The van der Waals surface area contributed by atoms with E-state index in [1.54, 1.807) is 15.9 Å². The standard InChI is InChI=1S/C18H24N2O2S/c1-3-9-19-12-8-14-16(18(19)22)15(13(2)23-14)17(21)20-10-6-4-5-7-11-20/h8,12H,3-7,9-11H2,1-2H3. The number of rotatable bonds is 3. The zero-order valence-electron chi connectivity index (χ0n) is 13.9. The van der Waals surface area contributed by atoms with Crippen molar-refractivity contribution in [2.75, 3.05) is 13.1 Å². The molecule has 0 bridgehead atoms. The highest BCUT2D eigenvalue weighted by molar-refractivity contribution is 7.19. The molecule has 124 valence electrons. The number of fused-ring (bicyclic) bond motifs is 1. The van der Waals surface area contributed by atoms with Gasteiger partial charge in [0.2, 0.25) is 0 Å². The minimum absolute atomic E-state index is 0.0214. The quantitative estimate of drug-likeness (QED) is 0.858. The molecule has 0 radical (unpaired) electrons. The van der Waals surface area contributed by atoms with E-state index >= 15 is 0 Å². The van der Waals surface area contributed by atoms with Crippen molar-refractivity contribution in [1.82, 2.24) is 9.47 Å². The summed E-state index contributed by atoms with van der Waals surface area (Å²) in [6.45, 7) is 6.33. The van der Waals surface area contributed by atoms with Gasteiger partial charge in [0, 0.05) is 35.4 Å². The largest absolute Gasteiger partial charge is 0.339 e. The van der Waals surface area contributed by atoms with Gasteiger partial charge in [-0.3, -0.25) is 9.59 Å². The number of hydrogen-bond acceptors (Lipinski definition) is 3. The number of carbonyl (C=O) groups is 1. The smallest absolute Gasteiger partial charge is 0.260 e. The van der Waals surface area contributed by atoms with Gasteiger partial charge >= 0.3 is 0 Å². The lowest BCUT2D eigenvalue weighted by Crippen LogP contribution is -2.33. The molecule has 0 spiro atoms. The van der Waals surface area contributed by atoms with Crippen molar-refractivity contribution in [3.8, 4) is 0 Å². The number of thiophene rings is 1. The number of aromatic nitrogens is 1. The second-order valence-electron chi connectivity index (χ2n) is 6.29. The lowest BCUT2D eigenvalue weighted by atomic mass is 10.1. The number of hydrogen-bond donors (Lipinski definition) is 0. The maximum absolute atomic E-state index is 13.1. The highest BCUT2D eigenvalue weighted by Gasteiger charge is 2.24. The van der Waals surface area contributed by atoms with E-state index in [0.29, 0.717) is 17.5 Å². The van der Waals surface area contributed by atoms with Crippen LogP contribution in [0.1, 0.15) is 54.3 Å². The molecule has 0 N–H and O–H groups in total. The monoisotopic (exact) mass is 332 g/mol. The Balaban J connectivity index is 2.08. The van der Waals surface area contributed by atoms with Gasteiger partial charge in [0.15, 0.2) is 0 Å². The van der Waals surface area contributed by atoms with Gasteiger partial charge in [0.05, 0.1) is 10.9 Å². The number of likely N-dealkylation sites (tertiary alicyclic amines) is 1. The first kappa shape index (κ1) is 16.2. The Bertz CT molecular complexity index is 767. The summed E-state index contributed by atoms with van der Waals surface area (Å²) in [5.41, 5.74) is 0.620. The van der Waals surface area contributed by atoms with Crippen LogP contribution in [0.5, 0.6) is 0 Å². The van der Waals surface area contributed by atoms with Crippen molar-refractivity contribution in [2.45, 2.75) is 52.5 Å². The van der Waals surface area contributed by atoms with E-state index in [9.17, 15) is 9.59 Å². The topological polar surface area (TPSA) is 42.3 Å². The minimum Gasteiger partial charge on any atom is -0.339 e. The van der Waals surface area contributed by atoms with E-state index in [-0.39, 0.29) is 11.5 Å². The number of carbonyl (C=O) groups excluding carboxylic acids is 1. The van der Waals surface area contributed by atoms with E-state index in [1.807, 2.05) is 24.1 Å². The molecular weight excluding hydrogens is 308 g/mol. The summed E-state index contributed by atoms with van der Waals surface area (Å²) in [7, 11) is 0. The molecule has 2 aromatic rings. The summed E-state index contributed by atoms with van der Waals surface area (Å²) in [5.74, 6) is 0.0435. The average molecular weight is 332 g/mol. The van der Waals surface area contributed by atoms with Crippen LogP contribution in [-0.4, -0.2) is 28.5 Å². The average Bonchev–Trinajstić information content (AvgIpc) is 2.72. The van der Waals surface area contributed by atoms with E-state index < -0.39 is 0 Å². The molecule has 0 atom stereocenters. The van der Waals surface area contributed by atoms with Crippen LogP contribution in [0.25, 0.3) is 10.1 Å². The van der Waals surface area contributed by atoms with Gasteiger partial charge < -0.3 is 9.47 Å². The first-order chi connectivity index (χ1) is 11.1. The van der Waals surface area contributed by atoms with E-state index in [2.05, 4.69) is 6.92 Å². The van der Waals surface area contributed by atoms with Gasteiger partial charge in [0.25, 0.3) is 11.5 Å². The highest BCUT2D eigenvalue weighted by Crippen LogP contribution is 2.30. The molecule has 1 aliphatic heterocycles. The second-order valence-corrected chi connectivity index (χ2v) is 7.55. The number of aryl methyl sites for hydroxylation is 2. The second kappa shape index (κ2) is 6.87. The van der Waals surface area contributed by atoms with Crippen LogP contribution in [-0.2, 0) is 6.54 Å². The maximum atomic E-state index is 13.1. The molecule has 5 heteroatoms. The third-order valence-electron chi connectivity index (χ3n) is 4.56. The molecule has 0 unspecified atom stereocenters. The molecule has 4 nitrogen and oxygen atoms in total.